The van der Waals surface area contributed by atoms with Gasteiger partial charge < -0.3 is 24.9 Å². The van der Waals surface area contributed by atoms with Crippen LogP contribution in [-0.2, 0) is 19.8 Å². The summed E-state index contributed by atoms with van der Waals surface area (Å²) in [6, 6.07) is 10.8. The zero-order valence-corrected chi connectivity index (χ0v) is 14.0. The maximum absolute atomic E-state index is 12.4. The Morgan fingerprint density at radius 2 is 2.16 bits per heavy atom. The molecule has 132 valence electrons. The van der Waals surface area contributed by atoms with Crippen LogP contribution >= 0.6 is 0 Å². The smallest absolute Gasteiger partial charge is 0.397 e. The molecule has 0 amide bonds. The third-order valence-electron chi connectivity index (χ3n) is 4.34. The van der Waals surface area contributed by atoms with Gasteiger partial charge in [0.2, 0.25) is 0 Å². The highest BCUT2D eigenvalue weighted by Crippen LogP contribution is 2.34. The van der Waals surface area contributed by atoms with Crippen LogP contribution in [0.15, 0.2) is 47.4 Å². The Morgan fingerprint density at radius 3 is 2.76 bits per heavy atom. The van der Waals surface area contributed by atoms with Crippen LogP contribution in [0.5, 0.6) is 0 Å². The van der Waals surface area contributed by atoms with Crippen molar-refractivity contribution in [2.75, 3.05) is 19.5 Å². The van der Waals surface area contributed by atoms with E-state index in [4.69, 9.17) is 19.8 Å². The quantitative estimate of drug-likeness (QED) is 0.691. The fraction of sp³-hybridized carbons (Fsp3) is 0.375. The number of aliphatic hydroxyl groups excluding tert-OH is 1. The van der Waals surface area contributed by atoms with Crippen molar-refractivity contribution in [2.24, 2.45) is 0 Å². The van der Waals surface area contributed by atoms with E-state index in [1.807, 2.05) is 30.3 Å². The average molecular weight is 345 g/mol. The number of hydrogen-bond acceptors (Lipinski definition) is 7. The number of methoxy groups -OCH3 is 1. The monoisotopic (exact) mass is 345 g/mol. The van der Waals surface area contributed by atoms with Gasteiger partial charge in [0.05, 0.1) is 6.61 Å². The summed E-state index contributed by atoms with van der Waals surface area (Å²) in [5.74, 6) is 0.116. The Hall–Kier alpha value is -2.20. The van der Waals surface area contributed by atoms with Gasteiger partial charge in [0.25, 0.3) is 0 Å². The molecule has 0 bridgehead atoms. The standard InChI is InChI=1S/C16H20BN3O5/c1-16(20-9-8-13(18)19-15(20)22)14(12(10-21)23-2)24-17(25-16)11-6-4-3-5-7-11/h3-9,12,14,21H,10H2,1-2H3,(H2,18,19,22)/t12-,14-,16?/m1/s1. The molecule has 1 aliphatic rings. The Kier molecular flexibility index (Phi) is 4.91. The molecule has 9 heteroatoms. The number of nitrogens with two attached hydrogens (primary N) is 1. The van der Waals surface area contributed by atoms with Crippen LogP contribution in [0, 0.1) is 0 Å². The third-order valence-corrected chi connectivity index (χ3v) is 4.34. The fourth-order valence-corrected chi connectivity index (χ4v) is 3.00. The van der Waals surface area contributed by atoms with Gasteiger partial charge in [0, 0.05) is 13.3 Å². The number of aliphatic hydroxyl groups is 1. The molecule has 8 nitrogen and oxygen atoms in total. The summed E-state index contributed by atoms with van der Waals surface area (Å²) >= 11 is 0. The van der Waals surface area contributed by atoms with Gasteiger partial charge in [-0.05, 0) is 18.5 Å². The summed E-state index contributed by atoms with van der Waals surface area (Å²) in [7, 11) is 0.745. The average Bonchev–Trinajstić information content (AvgIpc) is 2.95. The van der Waals surface area contributed by atoms with Crippen molar-refractivity contribution in [3.05, 3.63) is 53.1 Å². The normalized spacial score (nSPS) is 24.4. The Morgan fingerprint density at radius 1 is 1.44 bits per heavy atom. The summed E-state index contributed by atoms with van der Waals surface area (Å²) in [5.41, 5.74) is 4.56. The molecule has 1 aromatic heterocycles. The van der Waals surface area contributed by atoms with E-state index in [0.717, 1.165) is 5.46 Å². The number of benzene rings is 1. The number of nitrogen functional groups attached to an aromatic ring is 1. The van der Waals surface area contributed by atoms with E-state index in [9.17, 15) is 9.90 Å². The van der Waals surface area contributed by atoms with Crippen molar-refractivity contribution in [2.45, 2.75) is 24.9 Å². The lowest BCUT2D eigenvalue weighted by atomic mass is 9.79. The molecular formula is C16H20BN3O5. The van der Waals surface area contributed by atoms with E-state index in [2.05, 4.69) is 4.98 Å². The Labute approximate surface area is 145 Å². The highest BCUT2D eigenvalue weighted by Gasteiger charge is 2.54. The molecule has 3 N–H and O–H groups in total. The topological polar surface area (TPSA) is 109 Å². The molecule has 0 aliphatic carbocycles. The van der Waals surface area contributed by atoms with E-state index >= 15 is 0 Å². The maximum atomic E-state index is 12.4. The van der Waals surface area contributed by atoms with Gasteiger partial charge >= 0.3 is 12.8 Å². The van der Waals surface area contributed by atoms with Crippen LogP contribution < -0.4 is 16.9 Å². The molecule has 0 saturated carbocycles. The zero-order valence-electron chi connectivity index (χ0n) is 14.0. The summed E-state index contributed by atoms with van der Waals surface area (Å²) in [4.78, 5) is 16.1. The van der Waals surface area contributed by atoms with Gasteiger partial charge in [-0.3, -0.25) is 4.57 Å². The number of rotatable bonds is 5. The molecule has 3 atom stereocenters. The molecule has 25 heavy (non-hydrogen) atoms. The molecule has 1 unspecified atom stereocenters. The molecule has 1 saturated heterocycles. The van der Waals surface area contributed by atoms with Crippen molar-refractivity contribution in [1.29, 1.82) is 0 Å². The lowest BCUT2D eigenvalue weighted by molar-refractivity contribution is -0.106. The molecule has 1 fully saturated rings. The fourth-order valence-electron chi connectivity index (χ4n) is 3.00. The molecule has 0 spiro atoms. The van der Waals surface area contributed by atoms with E-state index in [1.54, 1.807) is 6.92 Å². The van der Waals surface area contributed by atoms with Crippen molar-refractivity contribution in [3.8, 4) is 0 Å². The van der Waals surface area contributed by atoms with Crippen LogP contribution in [0.25, 0.3) is 0 Å². The molecule has 2 aromatic rings. The van der Waals surface area contributed by atoms with Gasteiger partial charge in [0.15, 0.2) is 5.72 Å². The van der Waals surface area contributed by atoms with Crippen LogP contribution in [0.1, 0.15) is 6.92 Å². The van der Waals surface area contributed by atoms with Crippen LogP contribution in [0.2, 0.25) is 0 Å². The van der Waals surface area contributed by atoms with Crippen molar-refractivity contribution >= 4 is 18.4 Å². The minimum Gasteiger partial charge on any atom is -0.397 e. The van der Waals surface area contributed by atoms with Crippen LogP contribution in [0.3, 0.4) is 0 Å². The predicted molar refractivity (Wildman–Crippen MR) is 92.2 cm³/mol. The lowest BCUT2D eigenvalue weighted by Crippen LogP contribution is -2.52. The summed E-state index contributed by atoms with van der Waals surface area (Å²) in [6.45, 7) is 1.40. The first-order valence-corrected chi connectivity index (χ1v) is 7.87. The minimum atomic E-state index is -1.23. The summed E-state index contributed by atoms with van der Waals surface area (Å²) in [6.07, 6.45) is 0.0670. The highest BCUT2D eigenvalue weighted by atomic mass is 16.7. The van der Waals surface area contributed by atoms with Crippen molar-refractivity contribution in [3.63, 3.8) is 0 Å². The second kappa shape index (κ2) is 6.97. The zero-order chi connectivity index (χ0) is 18.0. The molecule has 1 aliphatic heterocycles. The number of anilines is 1. The van der Waals surface area contributed by atoms with E-state index in [0.29, 0.717) is 0 Å². The van der Waals surface area contributed by atoms with Crippen LogP contribution in [-0.4, -0.2) is 47.7 Å². The first kappa shape index (κ1) is 17.6. The third kappa shape index (κ3) is 3.19. The largest absolute Gasteiger partial charge is 0.496 e. The van der Waals surface area contributed by atoms with Crippen LogP contribution in [0.4, 0.5) is 5.82 Å². The Balaban J connectivity index is 2.05. The SMILES string of the molecule is CO[C@H](CO)[C@H]1OB(c2ccccc2)OC1(C)n1ccc(N)nc1=O. The molecular weight excluding hydrogens is 325 g/mol. The first-order chi connectivity index (χ1) is 12.0. The van der Waals surface area contributed by atoms with Gasteiger partial charge in [-0.15, -0.1) is 0 Å². The summed E-state index contributed by atoms with van der Waals surface area (Å²) in [5, 5.41) is 9.65. The number of nitrogens with zero attached hydrogens (tertiary/aromatic N) is 2. The molecule has 0 radical (unpaired) electrons. The van der Waals surface area contributed by atoms with E-state index < -0.39 is 30.7 Å². The molecule has 3 rings (SSSR count). The van der Waals surface area contributed by atoms with E-state index in [-0.39, 0.29) is 12.4 Å². The number of ether oxygens (including phenoxy) is 1. The number of hydrogen-bond donors (Lipinski definition) is 2. The van der Waals surface area contributed by atoms with Gasteiger partial charge in [-0.2, -0.15) is 4.98 Å². The minimum absolute atomic E-state index is 0.116. The second-order valence-electron chi connectivity index (χ2n) is 5.93. The predicted octanol–water partition coefficient (Wildman–Crippen LogP) is -0.684. The lowest BCUT2D eigenvalue weighted by Gasteiger charge is -2.34. The Bertz CT molecular complexity index is 783. The number of aromatic nitrogens is 2. The molecule has 1 aromatic carbocycles. The second-order valence-corrected chi connectivity index (χ2v) is 5.93. The van der Waals surface area contributed by atoms with Gasteiger partial charge in [-0.25, -0.2) is 4.79 Å². The van der Waals surface area contributed by atoms with Gasteiger partial charge in [0.1, 0.15) is 18.0 Å². The van der Waals surface area contributed by atoms with Crippen molar-refractivity contribution < 1.29 is 19.2 Å². The molecule has 2 heterocycles. The summed E-state index contributed by atoms with van der Waals surface area (Å²) < 4.78 is 18.8. The van der Waals surface area contributed by atoms with E-state index in [1.165, 1.54) is 23.9 Å². The van der Waals surface area contributed by atoms with Crippen molar-refractivity contribution in [1.82, 2.24) is 9.55 Å². The first-order valence-electron chi connectivity index (χ1n) is 7.87. The van der Waals surface area contributed by atoms with Gasteiger partial charge in [-0.1, -0.05) is 30.3 Å². The highest BCUT2D eigenvalue weighted by molar-refractivity contribution is 6.61. The maximum Gasteiger partial charge on any atom is 0.496 e.